The Labute approximate surface area is 173 Å². The Bertz CT molecular complexity index is 844. The monoisotopic (exact) mass is 425 g/mol. The quantitative estimate of drug-likeness (QED) is 0.458. The van der Waals surface area contributed by atoms with Gasteiger partial charge >= 0.3 is 6.18 Å². The van der Waals surface area contributed by atoms with Gasteiger partial charge in [0.05, 0.1) is 12.1 Å². The zero-order valence-corrected chi connectivity index (χ0v) is 17.1. The molecule has 0 fully saturated rings. The lowest BCUT2D eigenvalue weighted by Crippen LogP contribution is -2.47. The Morgan fingerprint density at radius 1 is 1.23 bits per heavy atom. The Balaban J connectivity index is 2.81. The van der Waals surface area contributed by atoms with Crippen LogP contribution in [0.25, 0.3) is 0 Å². The van der Waals surface area contributed by atoms with Crippen LogP contribution >= 0.6 is 0 Å². The molecule has 1 atom stereocenters. The lowest BCUT2D eigenvalue weighted by Gasteiger charge is -2.24. The molecule has 1 aromatic carbocycles. The summed E-state index contributed by atoms with van der Waals surface area (Å²) in [7, 11) is 0. The summed E-state index contributed by atoms with van der Waals surface area (Å²) in [5.74, 6) is -1.06. The van der Waals surface area contributed by atoms with Crippen LogP contribution in [0, 0.1) is 6.92 Å². The number of nitrogens with one attached hydrogen (secondary N) is 3. The van der Waals surface area contributed by atoms with Crippen molar-refractivity contribution in [3.8, 4) is 0 Å². The van der Waals surface area contributed by atoms with E-state index in [-0.39, 0.29) is 30.2 Å². The van der Waals surface area contributed by atoms with Crippen molar-refractivity contribution in [2.75, 3.05) is 18.4 Å². The number of rotatable bonds is 9. The van der Waals surface area contributed by atoms with Crippen LogP contribution in [-0.4, -0.2) is 35.6 Å². The van der Waals surface area contributed by atoms with Crippen LogP contribution in [-0.2, 0) is 15.8 Å². The van der Waals surface area contributed by atoms with Crippen LogP contribution in [0.1, 0.15) is 25.0 Å². The van der Waals surface area contributed by atoms with Gasteiger partial charge in [0, 0.05) is 24.9 Å². The van der Waals surface area contributed by atoms with Crippen LogP contribution in [0.15, 0.2) is 54.8 Å². The highest BCUT2D eigenvalue weighted by Crippen LogP contribution is 2.33. The summed E-state index contributed by atoms with van der Waals surface area (Å²) in [6.45, 7) is 7.58. The largest absolute Gasteiger partial charge is 0.416 e. The summed E-state index contributed by atoms with van der Waals surface area (Å²) in [6.07, 6.45) is 1.81. The normalized spacial score (nSPS) is 14.2. The first-order valence-corrected chi connectivity index (χ1v) is 9.06. The average Bonchev–Trinajstić information content (AvgIpc) is 2.63. The van der Waals surface area contributed by atoms with E-state index in [1.807, 2.05) is 0 Å². The summed E-state index contributed by atoms with van der Waals surface area (Å²) in [6, 6.07) is 3.40. The van der Waals surface area contributed by atoms with Crippen LogP contribution in [0.4, 0.5) is 18.9 Å². The second kappa shape index (κ2) is 10.6. The fourth-order valence-corrected chi connectivity index (χ4v) is 2.31. The summed E-state index contributed by atoms with van der Waals surface area (Å²) in [5, 5.41) is 18.2. The molecule has 0 saturated heterocycles. The van der Waals surface area contributed by atoms with Crippen molar-refractivity contribution in [1.29, 1.82) is 0 Å². The van der Waals surface area contributed by atoms with Crippen molar-refractivity contribution >= 4 is 17.5 Å². The second-order valence-corrected chi connectivity index (χ2v) is 6.81. The van der Waals surface area contributed by atoms with Crippen LogP contribution in [0.3, 0.4) is 0 Å². The molecule has 9 heteroatoms. The number of amides is 2. The van der Waals surface area contributed by atoms with Crippen molar-refractivity contribution < 1.29 is 27.9 Å². The van der Waals surface area contributed by atoms with Gasteiger partial charge in [-0.1, -0.05) is 24.8 Å². The Kier molecular flexibility index (Phi) is 8.85. The van der Waals surface area contributed by atoms with E-state index < -0.39 is 23.2 Å². The van der Waals surface area contributed by atoms with Crippen molar-refractivity contribution in [2.45, 2.75) is 32.5 Å². The van der Waals surface area contributed by atoms with Gasteiger partial charge in [-0.25, -0.2) is 0 Å². The van der Waals surface area contributed by atoms with Gasteiger partial charge in [0.2, 0.25) is 5.91 Å². The minimum atomic E-state index is -4.55. The average molecular weight is 425 g/mol. The minimum absolute atomic E-state index is 0.0270. The van der Waals surface area contributed by atoms with Gasteiger partial charge in [-0.2, -0.15) is 13.2 Å². The van der Waals surface area contributed by atoms with Gasteiger partial charge in [0.25, 0.3) is 5.91 Å². The first kappa shape index (κ1) is 25.0. The molecule has 0 aliphatic heterocycles. The first-order valence-electron chi connectivity index (χ1n) is 9.06. The van der Waals surface area contributed by atoms with E-state index in [1.54, 1.807) is 18.2 Å². The Morgan fingerprint density at radius 3 is 2.47 bits per heavy atom. The minimum Gasteiger partial charge on any atom is -0.382 e. The van der Waals surface area contributed by atoms with Gasteiger partial charge < -0.3 is 21.1 Å². The van der Waals surface area contributed by atoms with E-state index in [1.165, 1.54) is 39.0 Å². The first-order chi connectivity index (χ1) is 13.9. The third-order valence-electron chi connectivity index (χ3n) is 3.99. The van der Waals surface area contributed by atoms with Crippen molar-refractivity contribution in [3.05, 3.63) is 65.9 Å². The smallest absolute Gasteiger partial charge is 0.382 e. The molecule has 0 spiro atoms. The highest BCUT2D eigenvalue weighted by atomic mass is 19.4. The molecule has 6 nitrogen and oxygen atoms in total. The van der Waals surface area contributed by atoms with E-state index in [0.717, 1.165) is 6.07 Å². The molecule has 0 bridgehead atoms. The number of carbonyl (C=O) groups is 2. The maximum absolute atomic E-state index is 13.0. The molecule has 0 aliphatic carbocycles. The standard InChI is InChI=1S/C21H26F3N3O3/c1-5-7-16(8-6-11-25-15(3)28)26-13-20(4,30)19(29)27-17-10-9-14(2)18(12-17)21(22,23)24/h5-10,12,26,30H,1,11,13H2,2-4H3,(H,25,28)(H,27,29)/b8-6-,16-7+. The van der Waals surface area contributed by atoms with Crippen molar-refractivity contribution in [2.24, 2.45) is 0 Å². The molecule has 1 rings (SSSR count). The van der Waals surface area contributed by atoms with E-state index >= 15 is 0 Å². The highest BCUT2D eigenvalue weighted by Gasteiger charge is 2.34. The number of anilines is 1. The number of alkyl halides is 3. The van der Waals surface area contributed by atoms with E-state index in [9.17, 15) is 27.9 Å². The lowest BCUT2D eigenvalue weighted by atomic mass is 10.0. The molecule has 1 unspecified atom stereocenters. The Hall–Kier alpha value is -3.07. The molecule has 1 aromatic rings. The van der Waals surface area contributed by atoms with Crippen LogP contribution in [0.5, 0.6) is 0 Å². The summed E-state index contributed by atoms with van der Waals surface area (Å²) < 4.78 is 39.1. The third kappa shape index (κ3) is 8.12. The van der Waals surface area contributed by atoms with Crippen LogP contribution in [0.2, 0.25) is 0 Å². The zero-order chi connectivity index (χ0) is 22.9. The van der Waals surface area contributed by atoms with Gasteiger partial charge in [-0.3, -0.25) is 9.59 Å². The molecular weight excluding hydrogens is 399 g/mol. The summed E-state index contributed by atoms with van der Waals surface area (Å²) in [4.78, 5) is 23.3. The number of hydrogen-bond acceptors (Lipinski definition) is 4. The zero-order valence-electron chi connectivity index (χ0n) is 17.1. The second-order valence-electron chi connectivity index (χ2n) is 6.81. The fraction of sp³-hybridized carbons (Fsp3) is 0.333. The van der Waals surface area contributed by atoms with Gasteiger partial charge in [0.1, 0.15) is 0 Å². The predicted octanol–water partition coefficient (Wildman–Crippen LogP) is 3.06. The summed E-state index contributed by atoms with van der Waals surface area (Å²) >= 11 is 0. The number of aliphatic hydroxyl groups is 1. The van der Waals surface area contributed by atoms with E-state index in [0.29, 0.717) is 5.70 Å². The van der Waals surface area contributed by atoms with Gasteiger partial charge in [-0.15, -0.1) is 0 Å². The maximum Gasteiger partial charge on any atom is 0.416 e. The van der Waals surface area contributed by atoms with E-state index in [2.05, 4.69) is 22.5 Å². The number of hydrogen-bond donors (Lipinski definition) is 4. The molecular formula is C21H26F3N3O3. The van der Waals surface area contributed by atoms with Crippen molar-refractivity contribution in [1.82, 2.24) is 10.6 Å². The highest BCUT2D eigenvalue weighted by molar-refractivity contribution is 5.97. The number of carbonyl (C=O) groups excluding carboxylic acids is 2. The number of allylic oxidation sites excluding steroid dienone is 3. The van der Waals surface area contributed by atoms with Crippen LogP contribution < -0.4 is 16.0 Å². The molecule has 2 amide bonds. The number of aryl methyl sites for hydroxylation is 1. The third-order valence-corrected chi connectivity index (χ3v) is 3.99. The molecule has 0 aromatic heterocycles. The van der Waals surface area contributed by atoms with Gasteiger partial charge in [-0.05, 0) is 43.7 Å². The molecule has 164 valence electrons. The lowest BCUT2D eigenvalue weighted by molar-refractivity contribution is -0.138. The van der Waals surface area contributed by atoms with Gasteiger partial charge in [0.15, 0.2) is 5.60 Å². The fourth-order valence-electron chi connectivity index (χ4n) is 2.31. The Morgan fingerprint density at radius 2 is 1.90 bits per heavy atom. The van der Waals surface area contributed by atoms with Crippen molar-refractivity contribution in [3.63, 3.8) is 0 Å². The molecule has 4 N–H and O–H groups in total. The molecule has 30 heavy (non-hydrogen) atoms. The SMILES string of the molecule is C=C/C=C(\C=C/CNC(C)=O)NCC(C)(O)C(=O)Nc1ccc(C)c(C(F)(F)F)c1. The topological polar surface area (TPSA) is 90.5 Å². The molecule has 0 heterocycles. The summed E-state index contributed by atoms with van der Waals surface area (Å²) in [5.41, 5.74) is -2.32. The predicted molar refractivity (Wildman–Crippen MR) is 110 cm³/mol. The molecule has 0 aliphatic rings. The maximum atomic E-state index is 13.0. The molecule has 0 saturated carbocycles. The number of benzene rings is 1. The number of halogens is 3. The molecule has 0 radical (unpaired) electrons. The van der Waals surface area contributed by atoms with E-state index in [4.69, 9.17) is 0 Å².